The summed E-state index contributed by atoms with van der Waals surface area (Å²) in [5.41, 5.74) is 4.32. The van der Waals surface area contributed by atoms with Gasteiger partial charge in [0.15, 0.2) is 0 Å². The van der Waals surface area contributed by atoms with Gasteiger partial charge >= 0.3 is 12.0 Å². The fourth-order valence-corrected chi connectivity index (χ4v) is 4.74. The monoisotopic (exact) mass is 476 g/mol. The van der Waals surface area contributed by atoms with Crippen molar-refractivity contribution in [3.8, 4) is 11.1 Å². The summed E-state index contributed by atoms with van der Waals surface area (Å²) in [6.07, 6.45) is 4.36. The highest BCUT2D eigenvalue weighted by molar-refractivity contribution is 5.94. The number of likely N-dealkylation sites (tertiary alicyclic amines) is 1. The van der Waals surface area contributed by atoms with Gasteiger partial charge in [-0.05, 0) is 42.7 Å². The number of aromatic amines is 1. The van der Waals surface area contributed by atoms with Gasteiger partial charge in [-0.1, -0.05) is 22.3 Å². The molecule has 0 bridgehead atoms. The number of aromatic nitrogens is 5. The molecule has 35 heavy (non-hydrogen) atoms. The van der Waals surface area contributed by atoms with Crippen molar-refractivity contribution in [3.05, 3.63) is 59.7 Å². The van der Waals surface area contributed by atoms with Gasteiger partial charge in [0.2, 0.25) is 0 Å². The van der Waals surface area contributed by atoms with Gasteiger partial charge in [0.25, 0.3) is 5.91 Å². The molecule has 0 spiro atoms. The molecule has 0 atom stereocenters. The molecular weight excluding hydrogens is 451 g/mol. The number of hydrogen-bond acceptors (Lipinski definition) is 7. The summed E-state index contributed by atoms with van der Waals surface area (Å²) in [6.45, 7) is 3.03. The molecule has 0 aliphatic carbocycles. The molecule has 0 unspecified atom stereocenters. The van der Waals surface area contributed by atoms with E-state index >= 15 is 0 Å². The molecule has 2 N–H and O–H groups in total. The van der Waals surface area contributed by atoms with E-state index in [2.05, 4.69) is 25.7 Å². The lowest BCUT2D eigenvalue weighted by molar-refractivity contribution is -0.00847. The van der Waals surface area contributed by atoms with Crippen LogP contribution in [0.25, 0.3) is 11.1 Å². The fourth-order valence-electron chi connectivity index (χ4n) is 4.74. The van der Waals surface area contributed by atoms with Gasteiger partial charge in [-0.3, -0.25) is 9.89 Å². The molecule has 3 aromatic heterocycles. The van der Waals surface area contributed by atoms with Gasteiger partial charge in [-0.2, -0.15) is 5.10 Å². The van der Waals surface area contributed by atoms with Crippen molar-refractivity contribution < 1.29 is 13.6 Å². The Hall–Kier alpha value is -4.15. The predicted octanol–water partition coefficient (Wildman–Crippen LogP) is 3.29. The highest BCUT2D eigenvalue weighted by Crippen LogP contribution is 2.31. The molecule has 5 heterocycles. The second kappa shape index (κ2) is 7.97. The average molecular weight is 477 g/mol. The Bertz CT molecular complexity index is 1370. The lowest BCUT2D eigenvalue weighted by Gasteiger charge is -2.42. The van der Waals surface area contributed by atoms with Crippen molar-refractivity contribution in [2.45, 2.75) is 25.6 Å². The molecule has 0 saturated carbocycles. The van der Waals surface area contributed by atoms with E-state index in [1.54, 1.807) is 11.1 Å². The Morgan fingerprint density at radius 3 is 2.71 bits per heavy atom. The molecule has 2 aliphatic heterocycles. The number of carbonyl (C=O) groups excluding carboxylic acids is 1. The number of fused-ring (bicyclic) bond motifs is 1. The van der Waals surface area contributed by atoms with E-state index < -0.39 is 5.67 Å². The molecule has 4 aromatic rings. The minimum atomic E-state index is -1.29. The first-order valence-corrected chi connectivity index (χ1v) is 11.5. The predicted molar refractivity (Wildman–Crippen MR) is 127 cm³/mol. The van der Waals surface area contributed by atoms with Crippen LogP contribution in [0.1, 0.15) is 28.7 Å². The molecule has 1 amide bonds. The summed E-state index contributed by atoms with van der Waals surface area (Å²) in [5, 5.41) is 18.3. The Balaban J connectivity index is 1.13. The highest BCUT2D eigenvalue weighted by Gasteiger charge is 2.42. The molecule has 1 fully saturated rings. The van der Waals surface area contributed by atoms with E-state index in [4.69, 9.17) is 4.42 Å². The molecule has 10 nitrogen and oxygen atoms in total. The van der Waals surface area contributed by atoms with E-state index in [-0.39, 0.29) is 19.0 Å². The van der Waals surface area contributed by atoms with Crippen LogP contribution >= 0.6 is 0 Å². The maximum Gasteiger partial charge on any atom is 0.321 e. The topological polar surface area (TPSA) is 108 Å². The van der Waals surface area contributed by atoms with Crippen LogP contribution in [0.15, 0.2) is 47.1 Å². The average Bonchev–Trinajstić information content (AvgIpc) is 3.59. The Labute approximate surface area is 200 Å². The van der Waals surface area contributed by atoms with E-state index in [1.807, 2.05) is 53.0 Å². The Morgan fingerprint density at radius 2 is 2.00 bits per heavy atom. The first kappa shape index (κ1) is 21.4. The van der Waals surface area contributed by atoms with E-state index in [0.717, 1.165) is 34.5 Å². The summed E-state index contributed by atoms with van der Waals surface area (Å²) >= 11 is 0. The quantitative estimate of drug-likeness (QED) is 0.455. The second-order valence-corrected chi connectivity index (χ2v) is 9.39. The normalized spacial score (nSPS) is 16.7. The molecule has 11 heteroatoms. The lowest BCUT2D eigenvalue weighted by Crippen LogP contribution is -2.59. The summed E-state index contributed by atoms with van der Waals surface area (Å²) in [5.74, 6) is -0.133. The van der Waals surface area contributed by atoms with Crippen LogP contribution in [0, 0.1) is 0 Å². The summed E-state index contributed by atoms with van der Waals surface area (Å²) in [7, 11) is 1.87. The number of carbonyl (C=O) groups is 1. The van der Waals surface area contributed by atoms with Gasteiger partial charge in [0.05, 0.1) is 25.8 Å². The maximum atomic E-state index is 13.9. The second-order valence-electron chi connectivity index (χ2n) is 9.39. The maximum absolute atomic E-state index is 13.9. The van der Waals surface area contributed by atoms with Gasteiger partial charge in [-0.25, -0.2) is 4.39 Å². The van der Waals surface area contributed by atoms with Gasteiger partial charge in [0.1, 0.15) is 11.4 Å². The van der Waals surface area contributed by atoms with Crippen molar-refractivity contribution in [1.82, 2.24) is 29.9 Å². The third-order valence-corrected chi connectivity index (χ3v) is 6.64. The lowest BCUT2D eigenvalue weighted by atomic mass is 9.98. The van der Waals surface area contributed by atoms with E-state index in [9.17, 15) is 9.18 Å². The number of hydrogen-bond donors (Lipinski definition) is 2. The van der Waals surface area contributed by atoms with Gasteiger partial charge in [0, 0.05) is 36.7 Å². The molecule has 1 saturated heterocycles. The molecule has 180 valence electrons. The molecule has 6 rings (SSSR count). The number of benzene rings is 1. The van der Waals surface area contributed by atoms with Crippen LogP contribution in [0.3, 0.4) is 0 Å². The number of nitrogens with zero attached hydrogens (tertiary/aromatic N) is 6. The van der Waals surface area contributed by atoms with Gasteiger partial charge < -0.3 is 24.1 Å². The van der Waals surface area contributed by atoms with Crippen molar-refractivity contribution in [1.29, 1.82) is 0 Å². The molecule has 0 radical (unpaired) electrons. The van der Waals surface area contributed by atoms with E-state index in [1.165, 1.54) is 6.92 Å². The van der Waals surface area contributed by atoms with Crippen LogP contribution < -0.4 is 10.2 Å². The fraction of sp³-hybridized carbons (Fsp3) is 0.333. The third kappa shape index (κ3) is 3.92. The number of H-pyrrole nitrogens is 1. The summed E-state index contributed by atoms with van der Waals surface area (Å²) < 4.78 is 21.6. The van der Waals surface area contributed by atoms with Crippen LogP contribution in [0.5, 0.6) is 0 Å². The standard InChI is InChI=1S/C24H25FN8O2/c1-24(25)13-33(14-24)21(34)19-9-16-7-8-32(12-20(16)31(19)2)23-30-29-22(35-23)28-18-5-3-15(4-6-18)17-10-26-27-11-17/h3-6,9-11H,7-8,12-14H2,1-2H3,(H,26,27)(H,28,29). The molecular formula is C24H25FN8O2. The number of amides is 1. The van der Waals surface area contributed by atoms with Crippen molar-refractivity contribution >= 4 is 23.6 Å². The summed E-state index contributed by atoms with van der Waals surface area (Å²) in [6, 6.07) is 10.5. The number of halogens is 1. The van der Waals surface area contributed by atoms with Crippen LogP contribution in [0.2, 0.25) is 0 Å². The van der Waals surface area contributed by atoms with Crippen LogP contribution in [-0.2, 0) is 20.0 Å². The minimum absolute atomic E-state index is 0.133. The van der Waals surface area contributed by atoms with Crippen molar-refractivity contribution in [3.63, 3.8) is 0 Å². The Kier molecular flexibility index (Phi) is 4.87. The van der Waals surface area contributed by atoms with Crippen molar-refractivity contribution in [2.24, 2.45) is 7.05 Å². The SMILES string of the molecule is Cn1c(C(=O)N2CC(C)(F)C2)cc2c1CN(c1nnc(Nc3ccc(-c4cn[nH]c4)cc3)o1)CC2. The highest BCUT2D eigenvalue weighted by atomic mass is 19.1. The number of rotatable bonds is 5. The third-order valence-electron chi connectivity index (χ3n) is 6.64. The van der Waals surface area contributed by atoms with E-state index in [0.29, 0.717) is 30.8 Å². The zero-order valence-corrected chi connectivity index (χ0v) is 19.5. The number of anilines is 3. The Morgan fingerprint density at radius 1 is 1.20 bits per heavy atom. The van der Waals surface area contributed by atoms with Crippen LogP contribution in [0.4, 0.5) is 22.1 Å². The van der Waals surface area contributed by atoms with Gasteiger partial charge in [-0.15, -0.1) is 0 Å². The first-order valence-electron chi connectivity index (χ1n) is 11.5. The smallest absolute Gasteiger partial charge is 0.321 e. The molecule has 2 aliphatic rings. The number of alkyl halides is 1. The summed E-state index contributed by atoms with van der Waals surface area (Å²) in [4.78, 5) is 16.4. The first-order chi connectivity index (χ1) is 16.9. The van der Waals surface area contributed by atoms with Crippen LogP contribution in [-0.4, -0.2) is 61.1 Å². The zero-order chi connectivity index (χ0) is 24.2. The zero-order valence-electron chi connectivity index (χ0n) is 19.5. The molecule has 1 aromatic carbocycles. The largest absolute Gasteiger partial charge is 0.389 e. The van der Waals surface area contributed by atoms with Crippen molar-refractivity contribution in [2.75, 3.05) is 29.9 Å². The minimum Gasteiger partial charge on any atom is -0.389 e. The number of nitrogens with one attached hydrogen (secondary N) is 2.